The van der Waals surface area contributed by atoms with Crippen LogP contribution in [0.4, 0.5) is 10.3 Å². The minimum absolute atomic E-state index is 0.0610. The number of hydrogen-bond acceptors (Lipinski definition) is 6. The van der Waals surface area contributed by atoms with Crippen LogP contribution >= 0.6 is 11.3 Å². The first-order valence-electron chi connectivity index (χ1n) is 8.31. The SMILES string of the molecule is CC[C@H](C)NC(=O)[C@H]1CCCN1c1nnc(N2CCCC2=O)s1. The Morgan fingerprint density at radius 3 is 2.83 bits per heavy atom. The van der Waals surface area contributed by atoms with Crippen molar-refractivity contribution in [2.45, 2.75) is 58.0 Å². The van der Waals surface area contributed by atoms with E-state index in [0.29, 0.717) is 18.1 Å². The van der Waals surface area contributed by atoms with Crippen molar-refractivity contribution in [2.75, 3.05) is 22.9 Å². The lowest BCUT2D eigenvalue weighted by Gasteiger charge is -2.24. The summed E-state index contributed by atoms with van der Waals surface area (Å²) in [5.74, 6) is 0.172. The Morgan fingerprint density at radius 2 is 2.13 bits per heavy atom. The van der Waals surface area contributed by atoms with Crippen molar-refractivity contribution in [2.24, 2.45) is 0 Å². The molecule has 0 radical (unpaired) electrons. The average molecular weight is 337 g/mol. The molecular weight excluding hydrogens is 314 g/mol. The van der Waals surface area contributed by atoms with Gasteiger partial charge in [-0.3, -0.25) is 14.5 Å². The van der Waals surface area contributed by atoms with E-state index in [1.807, 2.05) is 11.8 Å². The zero-order chi connectivity index (χ0) is 16.4. The van der Waals surface area contributed by atoms with Crippen LogP contribution in [0.1, 0.15) is 46.0 Å². The molecule has 0 unspecified atom stereocenters. The largest absolute Gasteiger partial charge is 0.352 e. The average Bonchev–Trinajstić information content (AvgIpc) is 3.25. The number of nitrogens with one attached hydrogen (secondary N) is 1. The molecule has 2 amide bonds. The number of carbonyl (C=O) groups is 2. The molecule has 2 atom stereocenters. The second-order valence-corrected chi connectivity index (χ2v) is 7.12. The van der Waals surface area contributed by atoms with Gasteiger partial charge in [0.1, 0.15) is 6.04 Å². The molecule has 2 fully saturated rings. The van der Waals surface area contributed by atoms with Gasteiger partial charge >= 0.3 is 0 Å². The first-order valence-corrected chi connectivity index (χ1v) is 9.12. The monoisotopic (exact) mass is 337 g/mol. The fourth-order valence-electron chi connectivity index (χ4n) is 2.99. The number of amides is 2. The normalized spacial score (nSPS) is 22.7. The highest BCUT2D eigenvalue weighted by Crippen LogP contribution is 2.33. The first kappa shape index (κ1) is 16.2. The third kappa shape index (κ3) is 3.31. The standard InChI is InChI=1S/C15H23N5O2S/c1-3-10(2)16-13(22)11-6-4-8-19(11)14-17-18-15(23-14)20-9-5-7-12(20)21/h10-11H,3-9H2,1-2H3,(H,16,22)/t10-,11+/m0/s1. The molecule has 126 valence electrons. The Labute approximate surface area is 140 Å². The number of anilines is 2. The Morgan fingerprint density at radius 1 is 1.35 bits per heavy atom. The minimum Gasteiger partial charge on any atom is -0.352 e. The van der Waals surface area contributed by atoms with Crippen molar-refractivity contribution in [1.29, 1.82) is 0 Å². The lowest BCUT2D eigenvalue weighted by Crippen LogP contribution is -2.46. The summed E-state index contributed by atoms with van der Waals surface area (Å²) >= 11 is 1.41. The minimum atomic E-state index is -0.181. The van der Waals surface area contributed by atoms with E-state index in [9.17, 15) is 9.59 Å². The number of hydrogen-bond donors (Lipinski definition) is 1. The van der Waals surface area contributed by atoms with Crippen molar-refractivity contribution < 1.29 is 9.59 Å². The Kier molecular flexibility index (Phi) is 4.79. The summed E-state index contributed by atoms with van der Waals surface area (Å²) in [5.41, 5.74) is 0. The molecule has 2 aliphatic rings. The van der Waals surface area contributed by atoms with Crippen LogP contribution < -0.4 is 15.1 Å². The molecule has 0 saturated carbocycles. The number of carbonyl (C=O) groups excluding carboxylic acids is 2. The second kappa shape index (κ2) is 6.82. The summed E-state index contributed by atoms with van der Waals surface area (Å²) in [5, 5.41) is 12.8. The van der Waals surface area contributed by atoms with Crippen molar-refractivity contribution in [3.63, 3.8) is 0 Å². The van der Waals surface area contributed by atoms with Gasteiger partial charge in [-0.05, 0) is 32.6 Å². The Bertz CT molecular complexity index is 590. The van der Waals surface area contributed by atoms with E-state index in [2.05, 4.69) is 22.4 Å². The Balaban J connectivity index is 1.71. The molecule has 23 heavy (non-hydrogen) atoms. The summed E-state index contributed by atoms with van der Waals surface area (Å²) in [4.78, 5) is 28.0. The maximum atomic E-state index is 12.5. The van der Waals surface area contributed by atoms with E-state index >= 15 is 0 Å². The molecule has 3 rings (SSSR count). The third-order valence-corrected chi connectivity index (χ3v) is 5.49. The predicted octanol–water partition coefficient (Wildman–Crippen LogP) is 1.55. The van der Waals surface area contributed by atoms with Crippen LogP contribution in [0.15, 0.2) is 0 Å². The van der Waals surface area contributed by atoms with Gasteiger partial charge in [-0.1, -0.05) is 18.3 Å². The van der Waals surface area contributed by atoms with Gasteiger partial charge in [-0.2, -0.15) is 0 Å². The summed E-state index contributed by atoms with van der Waals surface area (Å²) in [6.45, 7) is 5.59. The molecule has 0 spiro atoms. The van der Waals surface area contributed by atoms with Gasteiger partial charge in [0.05, 0.1) is 0 Å². The van der Waals surface area contributed by atoms with Gasteiger partial charge in [0.25, 0.3) is 0 Å². The summed E-state index contributed by atoms with van der Waals surface area (Å²) in [6.07, 6.45) is 4.17. The second-order valence-electron chi connectivity index (χ2n) is 6.19. The summed E-state index contributed by atoms with van der Waals surface area (Å²) in [6, 6.07) is -0.00349. The van der Waals surface area contributed by atoms with E-state index < -0.39 is 0 Å². The van der Waals surface area contributed by atoms with Gasteiger partial charge in [-0.25, -0.2) is 0 Å². The van der Waals surface area contributed by atoms with Crippen LogP contribution in [0.25, 0.3) is 0 Å². The highest BCUT2D eigenvalue weighted by Gasteiger charge is 2.34. The molecule has 0 aromatic carbocycles. The fraction of sp³-hybridized carbons (Fsp3) is 0.733. The molecule has 2 saturated heterocycles. The fourth-order valence-corrected chi connectivity index (χ4v) is 3.96. The smallest absolute Gasteiger partial charge is 0.242 e. The van der Waals surface area contributed by atoms with Crippen LogP contribution in [0, 0.1) is 0 Å². The van der Waals surface area contributed by atoms with E-state index in [-0.39, 0.29) is 23.9 Å². The number of nitrogens with zero attached hydrogens (tertiary/aromatic N) is 4. The van der Waals surface area contributed by atoms with Crippen LogP contribution in [-0.2, 0) is 9.59 Å². The topological polar surface area (TPSA) is 78.4 Å². The lowest BCUT2D eigenvalue weighted by molar-refractivity contribution is -0.122. The van der Waals surface area contributed by atoms with Gasteiger partial charge in [0.2, 0.25) is 22.1 Å². The maximum absolute atomic E-state index is 12.5. The van der Waals surface area contributed by atoms with Crippen LogP contribution in [0.5, 0.6) is 0 Å². The molecule has 1 N–H and O–H groups in total. The van der Waals surface area contributed by atoms with Crippen LogP contribution in [-0.4, -0.2) is 47.2 Å². The first-order chi connectivity index (χ1) is 11.1. The quantitative estimate of drug-likeness (QED) is 0.882. The maximum Gasteiger partial charge on any atom is 0.242 e. The zero-order valence-electron chi connectivity index (χ0n) is 13.6. The van der Waals surface area contributed by atoms with E-state index in [1.165, 1.54) is 11.3 Å². The molecular formula is C15H23N5O2S. The highest BCUT2D eigenvalue weighted by molar-refractivity contribution is 7.19. The van der Waals surface area contributed by atoms with Crippen LogP contribution in [0.3, 0.4) is 0 Å². The summed E-state index contributed by atoms with van der Waals surface area (Å²) in [7, 11) is 0. The van der Waals surface area contributed by atoms with E-state index in [1.54, 1.807) is 4.90 Å². The van der Waals surface area contributed by atoms with Crippen molar-refractivity contribution >= 4 is 33.4 Å². The van der Waals surface area contributed by atoms with Gasteiger partial charge in [-0.15, -0.1) is 10.2 Å². The predicted molar refractivity (Wildman–Crippen MR) is 89.8 cm³/mol. The molecule has 0 aliphatic carbocycles. The molecule has 1 aromatic heterocycles. The zero-order valence-corrected chi connectivity index (χ0v) is 14.4. The highest BCUT2D eigenvalue weighted by atomic mass is 32.1. The number of rotatable bonds is 5. The molecule has 8 heteroatoms. The number of aromatic nitrogens is 2. The van der Waals surface area contributed by atoms with E-state index in [0.717, 1.165) is 37.4 Å². The molecule has 2 aliphatic heterocycles. The van der Waals surface area contributed by atoms with Crippen molar-refractivity contribution in [3.05, 3.63) is 0 Å². The van der Waals surface area contributed by atoms with Gasteiger partial charge in [0, 0.05) is 25.6 Å². The molecule has 1 aromatic rings. The van der Waals surface area contributed by atoms with Crippen molar-refractivity contribution in [3.8, 4) is 0 Å². The third-order valence-electron chi connectivity index (χ3n) is 4.51. The Hall–Kier alpha value is -1.70. The van der Waals surface area contributed by atoms with Crippen molar-refractivity contribution in [1.82, 2.24) is 15.5 Å². The van der Waals surface area contributed by atoms with E-state index in [4.69, 9.17) is 0 Å². The van der Waals surface area contributed by atoms with Gasteiger partial charge < -0.3 is 10.2 Å². The lowest BCUT2D eigenvalue weighted by atomic mass is 10.2. The van der Waals surface area contributed by atoms with Crippen LogP contribution in [0.2, 0.25) is 0 Å². The molecule has 7 nitrogen and oxygen atoms in total. The molecule has 0 bridgehead atoms. The summed E-state index contributed by atoms with van der Waals surface area (Å²) < 4.78 is 0. The van der Waals surface area contributed by atoms with Gasteiger partial charge in [0.15, 0.2) is 0 Å². The molecule has 3 heterocycles.